The molecule has 36 heavy (non-hydrogen) atoms. The van der Waals surface area contributed by atoms with Gasteiger partial charge < -0.3 is 20.1 Å². The van der Waals surface area contributed by atoms with Gasteiger partial charge in [-0.1, -0.05) is 74.6 Å². The van der Waals surface area contributed by atoms with Crippen molar-refractivity contribution in [3.63, 3.8) is 0 Å². The maximum atomic E-state index is 14.4. The number of hydrogen-bond acceptors (Lipinski definition) is 6. The van der Waals surface area contributed by atoms with Crippen LogP contribution in [0.3, 0.4) is 0 Å². The zero-order valence-electron chi connectivity index (χ0n) is 20.8. The van der Waals surface area contributed by atoms with Gasteiger partial charge in [-0.25, -0.2) is 4.79 Å². The van der Waals surface area contributed by atoms with E-state index in [4.69, 9.17) is 39.5 Å². The highest BCUT2D eigenvalue weighted by molar-refractivity contribution is 6.41. The molecule has 0 heterocycles. The van der Waals surface area contributed by atoms with Gasteiger partial charge in [0, 0.05) is 10.9 Å². The van der Waals surface area contributed by atoms with E-state index in [0.29, 0.717) is 12.0 Å². The molecule has 0 aliphatic heterocycles. The first-order valence-electron chi connectivity index (χ1n) is 12.0. The van der Waals surface area contributed by atoms with Gasteiger partial charge >= 0.3 is 5.97 Å². The van der Waals surface area contributed by atoms with Crippen LogP contribution in [-0.4, -0.2) is 51.5 Å². The van der Waals surface area contributed by atoms with Crippen LogP contribution in [0, 0.1) is 28.6 Å². The van der Waals surface area contributed by atoms with Crippen molar-refractivity contribution < 1.29 is 29.6 Å². The van der Waals surface area contributed by atoms with Gasteiger partial charge in [0.15, 0.2) is 17.5 Å². The minimum atomic E-state index is -2.27. The van der Waals surface area contributed by atoms with Crippen LogP contribution in [0.15, 0.2) is 35.4 Å². The maximum absolute atomic E-state index is 14.4. The quantitative estimate of drug-likeness (QED) is 0.356. The summed E-state index contributed by atoms with van der Waals surface area (Å²) in [7, 11) is 0. The Hall–Kier alpha value is -1.41. The summed E-state index contributed by atoms with van der Waals surface area (Å²) < 4.78 is 5.81. The number of esters is 1. The molecule has 196 valence electrons. The highest BCUT2D eigenvalue weighted by atomic mass is 35.5. The molecule has 9 heteroatoms. The van der Waals surface area contributed by atoms with Crippen LogP contribution in [0.2, 0.25) is 15.1 Å². The van der Waals surface area contributed by atoms with E-state index in [2.05, 4.69) is 6.92 Å². The molecule has 0 aromatic heterocycles. The number of rotatable bonds is 3. The largest absolute Gasteiger partial charge is 0.451 e. The predicted octanol–water partition coefficient (Wildman–Crippen LogP) is 5.03. The SMILES string of the molecule is CC1=CC23C(=O)C(C=C(CO)C(O)C2(O)C1OC(=O)c1c(Cl)cc(Cl)cc1Cl)C(C)(C)C(C)C[C@H]3C. The molecule has 3 aliphatic carbocycles. The molecule has 1 saturated carbocycles. The smallest absolute Gasteiger partial charge is 0.341 e. The van der Waals surface area contributed by atoms with E-state index in [-0.39, 0.29) is 37.9 Å². The van der Waals surface area contributed by atoms with Gasteiger partial charge in [0.1, 0.15) is 6.10 Å². The summed E-state index contributed by atoms with van der Waals surface area (Å²) >= 11 is 18.4. The molecule has 1 aromatic rings. The molecule has 7 atom stereocenters. The second-order valence-corrected chi connectivity index (χ2v) is 12.4. The van der Waals surface area contributed by atoms with E-state index in [9.17, 15) is 24.9 Å². The molecule has 6 unspecified atom stereocenters. The number of benzene rings is 1. The molecule has 0 radical (unpaired) electrons. The molecule has 4 rings (SSSR count). The third kappa shape index (κ3) is 3.63. The lowest BCUT2D eigenvalue weighted by molar-refractivity contribution is -0.190. The monoisotopic (exact) mass is 556 g/mol. The van der Waals surface area contributed by atoms with Gasteiger partial charge in [-0.15, -0.1) is 0 Å². The van der Waals surface area contributed by atoms with Gasteiger partial charge in [0.2, 0.25) is 0 Å². The normalized spacial score (nSPS) is 37.4. The van der Waals surface area contributed by atoms with Crippen LogP contribution in [0.4, 0.5) is 0 Å². The average Bonchev–Trinajstić information content (AvgIpc) is 2.94. The van der Waals surface area contributed by atoms with E-state index in [1.165, 1.54) is 12.1 Å². The molecule has 3 aliphatic rings. The molecular weight excluding hydrogens is 527 g/mol. The Kier molecular flexibility index (Phi) is 6.99. The second kappa shape index (κ2) is 9.11. The van der Waals surface area contributed by atoms with Gasteiger partial charge in [0.25, 0.3) is 0 Å². The van der Waals surface area contributed by atoms with Crippen LogP contribution < -0.4 is 0 Å². The molecular formula is C27H31Cl3O6. The zero-order valence-corrected chi connectivity index (χ0v) is 23.1. The minimum absolute atomic E-state index is 0.0364. The Bertz CT molecular complexity index is 1170. The van der Waals surface area contributed by atoms with Crippen LogP contribution in [-0.2, 0) is 9.53 Å². The number of aliphatic hydroxyl groups excluding tert-OH is 2. The van der Waals surface area contributed by atoms with Gasteiger partial charge in [-0.3, -0.25) is 4.79 Å². The second-order valence-electron chi connectivity index (χ2n) is 11.1. The number of carbonyl (C=O) groups is 2. The third-order valence-corrected chi connectivity index (χ3v) is 9.76. The van der Waals surface area contributed by atoms with E-state index >= 15 is 0 Å². The maximum Gasteiger partial charge on any atom is 0.341 e. The number of hydrogen-bond donors (Lipinski definition) is 3. The number of ether oxygens (including phenoxy) is 1. The number of allylic oxidation sites excluding steroid dienone is 1. The zero-order chi connectivity index (χ0) is 27.0. The summed E-state index contributed by atoms with van der Waals surface area (Å²) in [5, 5.41) is 34.4. The van der Waals surface area contributed by atoms with E-state index < -0.39 is 53.1 Å². The Morgan fingerprint density at radius 3 is 2.28 bits per heavy atom. The van der Waals surface area contributed by atoms with E-state index in [1.807, 2.05) is 20.8 Å². The first-order valence-corrected chi connectivity index (χ1v) is 13.1. The van der Waals surface area contributed by atoms with Crippen molar-refractivity contribution in [2.45, 2.75) is 58.8 Å². The molecule has 2 bridgehead atoms. The van der Waals surface area contributed by atoms with Gasteiger partial charge in [0.05, 0.1) is 27.6 Å². The Labute approximate surface area is 225 Å². The number of fused-ring (bicyclic) bond motifs is 1. The number of aliphatic hydroxyl groups is 3. The fraction of sp³-hybridized carbons (Fsp3) is 0.556. The van der Waals surface area contributed by atoms with Gasteiger partial charge in [-0.2, -0.15) is 0 Å². The minimum Gasteiger partial charge on any atom is -0.451 e. The molecule has 1 aromatic carbocycles. The van der Waals surface area contributed by atoms with Crippen LogP contribution in [0.1, 0.15) is 51.4 Å². The van der Waals surface area contributed by atoms with Crippen LogP contribution in [0.5, 0.6) is 0 Å². The van der Waals surface area contributed by atoms with Crippen LogP contribution >= 0.6 is 34.8 Å². The third-order valence-electron chi connectivity index (χ3n) is 8.94. The van der Waals surface area contributed by atoms with Crippen molar-refractivity contribution in [2.24, 2.45) is 28.6 Å². The summed E-state index contributed by atoms with van der Waals surface area (Å²) in [6.45, 7) is 8.98. The lowest BCUT2D eigenvalue weighted by atomic mass is 9.59. The molecule has 6 nitrogen and oxygen atoms in total. The molecule has 0 amide bonds. The number of Topliss-reactive ketones (excluding diaryl/α,β-unsaturated/α-hetero) is 1. The first-order chi connectivity index (χ1) is 16.6. The lowest BCUT2D eigenvalue weighted by Crippen LogP contribution is -2.65. The van der Waals surface area contributed by atoms with Crippen LogP contribution in [0.25, 0.3) is 0 Å². The average molecular weight is 558 g/mol. The van der Waals surface area contributed by atoms with Crippen molar-refractivity contribution in [1.82, 2.24) is 0 Å². The standard InChI is InChI=1S/C27H31Cl3O6/c1-12-10-26-14(3)6-13(2)25(4,5)17(22(26)33)7-15(11-31)21(32)27(26,35)23(12)36-24(34)20-18(29)8-16(28)9-19(20)30/h7-10,13-14,17,21,23,31-32,35H,6,11H2,1-5H3/t13?,14-,17?,21?,23?,26?,27?/m1/s1. The highest BCUT2D eigenvalue weighted by Crippen LogP contribution is 2.62. The first kappa shape index (κ1) is 27.6. The van der Waals surface area contributed by atoms with Crippen molar-refractivity contribution in [3.05, 3.63) is 56.1 Å². The molecule has 1 spiro atoms. The Morgan fingerprint density at radius 2 is 1.72 bits per heavy atom. The Balaban J connectivity index is 1.90. The summed E-state index contributed by atoms with van der Waals surface area (Å²) in [4.78, 5) is 27.7. The molecule has 0 saturated heterocycles. The number of ketones is 1. The Morgan fingerprint density at radius 1 is 1.14 bits per heavy atom. The fourth-order valence-electron chi connectivity index (χ4n) is 6.56. The molecule has 1 fully saturated rings. The van der Waals surface area contributed by atoms with Gasteiger partial charge in [-0.05, 0) is 53.9 Å². The van der Waals surface area contributed by atoms with E-state index in [0.717, 1.165) is 0 Å². The predicted molar refractivity (Wildman–Crippen MR) is 138 cm³/mol. The lowest BCUT2D eigenvalue weighted by Gasteiger charge is -2.48. The van der Waals surface area contributed by atoms with Crippen molar-refractivity contribution in [1.29, 1.82) is 0 Å². The highest BCUT2D eigenvalue weighted by Gasteiger charge is 2.73. The summed E-state index contributed by atoms with van der Waals surface area (Å²) in [6.07, 6.45) is 0.757. The topological polar surface area (TPSA) is 104 Å². The van der Waals surface area contributed by atoms with Crippen molar-refractivity contribution in [2.75, 3.05) is 6.61 Å². The summed E-state index contributed by atoms with van der Waals surface area (Å²) in [5.74, 6) is -2.21. The molecule has 3 N–H and O–H groups in total. The number of carbonyl (C=O) groups excluding carboxylic acids is 2. The summed E-state index contributed by atoms with van der Waals surface area (Å²) in [5.41, 5.74) is -3.96. The summed E-state index contributed by atoms with van der Waals surface area (Å²) in [6, 6.07) is 2.69. The van der Waals surface area contributed by atoms with Crippen molar-refractivity contribution >= 4 is 46.6 Å². The van der Waals surface area contributed by atoms with E-state index in [1.54, 1.807) is 19.1 Å². The number of halogens is 3. The van der Waals surface area contributed by atoms with Crippen molar-refractivity contribution in [3.8, 4) is 0 Å². The fourth-order valence-corrected chi connectivity index (χ4v) is 7.53.